The van der Waals surface area contributed by atoms with E-state index in [2.05, 4.69) is 51.2 Å². The smallest absolute Gasteiger partial charge is 0.274 e. The highest BCUT2D eigenvalue weighted by Gasteiger charge is 2.11. The lowest BCUT2D eigenvalue weighted by Crippen LogP contribution is -2.22. The molecule has 33 heavy (non-hydrogen) atoms. The molecule has 6 aromatic rings. The van der Waals surface area contributed by atoms with Gasteiger partial charge in [-0.2, -0.15) is 0 Å². The van der Waals surface area contributed by atoms with Gasteiger partial charge in [-0.05, 0) is 68.2 Å². The maximum Gasteiger partial charge on any atom is 0.274 e. The summed E-state index contributed by atoms with van der Waals surface area (Å²) in [6.45, 7) is 0.475. The number of hydrogen-bond donors (Lipinski definition) is 0. The highest BCUT2D eigenvalue weighted by atomic mass is 79.9. The van der Waals surface area contributed by atoms with Gasteiger partial charge in [0.2, 0.25) is 0 Å². The molecule has 0 aliphatic rings. The van der Waals surface area contributed by atoms with E-state index in [0.29, 0.717) is 16.1 Å². The highest BCUT2D eigenvalue weighted by Crippen LogP contribution is 2.28. The molecule has 0 bridgehead atoms. The number of nitrogens with zero attached hydrogens (tertiary/aromatic N) is 2. The van der Waals surface area contributed by atoms with E-state index in [-0.39, 0.29) is 5.56 Å². The number of benzene rings is 4. The van der Waals surface area contributed by atoms with Crippen LogP contribution in [0.3, 0.4) is 0 Å². The van der Waals surface area contributed by atoms with Crippen LogP contribution in [0.1, 0.15) is 11.1 Å². The lowest BCUT2D eigenvalue weighted by atomic mass is 10.1. The minimum Gasteiger partial charge on any atom is -0.488 e. The molecule has 0 unspecified atom stereocenters. The summed E-state index contributed by atoms with van der Waals surface area (Å²) in [6, 6.07) is 28.1. The maximum atomic E-state index is 13.0. The molecule has 0 spiro atoms. The lowest BCUT2D eigenvalue weighted by molar-refractivity contribution is 0.305. The highest BCUT2D eigenvalue weighted by molar-refractivity contribution is 9.10. The van der Waals surface area contributed by atoms with Crippen LogP contribution < -0.4 is 14.8 Å². The number of para-hydroxylation sites is 2. The van der Waals surface area contributed by atoms with E-state index in [1.807, 2.05) is 60.7 Å². The molecular weight excluding hydrogens is 496 g/mol. The molecule has 160 valence electrons. The number of aromatic nitrogens is 2. The van der Waals surface area contributed by atoms with Crippen LogP contribution in [-0.4, -0.2) is 9.38 Å². The summed E-state index contributed by atoms with van der Waals surface area (Å²) < 4.78 is 9.29. The number of fused-ring (bicyclic) bond motifs is 4. The summed E-state index contributed by atoms with van der Waals surface area (Å²) in [7, 11) is 0. The van der Waals surface area contributed by atoms with Crippen LogP contribution in [0.15, 0.2) is 94.2 Å². The van der Waals surface area contributed by atoms with Crippen LogP contribution >= 0.6 is 27.3 Å². The van der Waals surface area contributed by atoms with Gasteiger partial charge in [0.15, 0.2) is 4.96 Å². The quantitative estimate of drug-likeness (QED) is 0.293. The average molecular weight is 513 g/mol. The van der Waals surface area contributed by atoms with E-state index in [0.717, 1.165) is 32.4 Å². The van der Waals surface area contributed by atoms with Crippen LogP contribution in [0, 0.1) is 0 Å². The Kier molecular flexibility index (Phi) is 4.97. The van der Waals surface area contributed by atoms with Gasteiger partial charge in [-0.1, -0.05) is 72.0 Å². The van der Waals surface area contributed by atoms with Crippen LogP contribution in [0.5, 0.6) is 5.75 Å². The van der Waals surface area contributed by atoms with E-state index in [1.165, 1.54) is 22.1 Å². The molecule has 0 amide bonds. The second-order valence-electron chi connectivity index (χ2n) is 7.75. The van der Waals surface area contributed by atoms with Gasteiger partial charge in [0, 0.05) is 0 Å². The largest absolute Gasteiger partial charge is 0.488 e. The number of halogens is 1. The number of thiazole rings is 1. The molecule has 0 fully saturated rings. The predicted octanol–water partition coefficient (Wildman–Crippen LogP) is 5.95. The van der Waals surface area contributed by atoms with Gasteiger partial charge in [-0.3, -0.25) is 4.79 Å². The molecule has 4 nitrogen and oxygen atoms in total. The number of hydrogen-bond acceptors (Lipinski definition) is 4. The second kappa shape index (κ2) is 8.14. The fraction of sp³-hybridized carbons (Fsp3) is 0.0370. The van der Waals surface area contributed by atoms with E-state index in [9.17, 15) is 4.79 Å². The maximum absolute atomic E-state index is 13.0. The standard InChI is InChI=1S/C27H17BrN2O2S/c28-21-14-17(15-25-26(31)30-23-11-4-3-10-22(23)29-27(30)33-25)12-13-24(21)32-16-19-8-5-7-18-6-1-2-9-20(18)19/h1-15H,16H2/b25-15+. The van der Waals surface area contributed by atoms with Crippen molar-refractivity contribution in [1.29, 1.82) is 0 Å². The molecule has 6 heteroatoms. The first-order chi connectivity index (χ1) is 16.2. The third-order valence-corrected chi connectivity index (χ3v) is 7.25. The molecule has 0 saturated heterocycles. The Labute approximate surface area is 201 Å². The van der Waals surface area contributed by atoms with Crippen LogP contribution in [-0.2, 0) is 6.61 Å². The fourth-order valence-corrected chi connectivity index (χ4v) is 5.56. The van der Waals surface area contributed by atoms with Gasteiger partial charge >= 0.3 is 0 Å². The summed E-state index contributed by atoms with van der Waals surface area (Å²) in [6.07, 6.45) is 1.90. The zero-order valence-electron chi connectivity index (χ0n) is 17.4. The second-order valence-corrected chi connectivity index (χ2v) is 9.61. The van der Waals surface area contributed by atoms with Gasteiger partial charge in [0.05, 0.1) is 20.0 Å². The average Bonchev–Trinajstić information content (AvgIpc) is 3.34. The van der Waals surface area contributed by atoms with Gasteiger partial charge in [0.1, 0.15) is 12.4 Å². The minimum atomic E-state index is -0.0453. The zero-order valence-corrected chi connectivity index (χ0v) is 19.8. The van der Waals surface area contributed by atoms with Crippen molar-refractivity contribution in [2.45, 2.75) is 6.61 Å². The van der Waals surface area contributed by atoms with Gasteiger partial charge in [0.25, 0.3) is 5.56 Å². The van der Waals surface area contributed by atoms with Gasteiger partial charge in [-0.15, -0.1) is 0 Å². The summed E-state index contributed by atoms with van der Waals surface area (Å²) in [5.41, 5.74) is 3.69. The topological polar surface area (TPSA) is 43.6 Å². The Balaban J connectivity index is 1.30. The lowest BCUT2D eigenvalue weighted by Gasteiger charge is -2.11. The van der Waals surface area contributed by atoms with Crippen molar-refractivity contribution in [1.82, 2.24) is 9.38 Å². The first kappa shape index (κ1) is 20.1. The van der Waals surface area contributed by atoms with E-state index >= 15 is 0 Å². The molecule has 2 aromatic heterocycles. The monoisotopic (exact) mass is 512 g/mol. The van der Waals surface area contributed by atoms with Crippen molar-refractivity contribution in [3.8, 4) is 5.75 Å². The molecule has 0 aliphatic carbocycles. The van der Waals surface area contributed by atoms with E-state index in [1.54, 1.807) is 4.40 Å². The SMILES string of the molecule is O=c1/c(=C\c2ccc(OCc3cccc4ccccc34)c(Br)c2)sc2nc3ccccc3n12. The third kappa shape index (κ3) is 3.61. The first-order valence-electron chi connectivity index (χ1n) is 10.5. The van der Waals surface area contributed by atoms with E-state index in [4.69, 9.17) is 4.74 Å². The third-order valence-electron chi connectivity index (χ3n) is 5.66. The number of ether oxygens (including phenoxy) is 1. The molecule has 0 N–H and O–H groups in total. The normalized spacial score (nSPS) is 12.2. The molecule has 0 saturated carbocycles. The van der Waals surface area contributed by atoms with Gasteiger partial charge < -0.3 is 4.74 Å². The minimum absolute atomic E-state index is 0.0453. The molecule has 0 atom stereocenters. The molecule has 2 heterocycles. The number of rotatable bonds is 4. The molecule has 0 aliphatic heterocycles. The summed E-state index contributed by atoms with van der Waals surface area (Å²) in [5.74, 6) is 0.759. The van der Waals surface area contributed by atoms with Gasteiger partial charge in [-0.25, -0.2) is 9.38 Å². The molecule has 0 radical (unpaired) electrons. The van der Waals surface area contributed by atoms with Crippen molar-refractivity contribution in [3.63, 3.8) is 0 Å². The summed E-state index contributed by atoms with van der Waals surface area (Å²) in [4.78, 5) is 18.3. The molecule has 4 aromatic carbocycles. The Morgan fingerprint density at radius 1 is 0.970 bits per heavy atom. The Morgan fingerprint density at radius 2 is 1.79 bits per heavy atom. The van der Waals surface area contributed by atoms with Crippen molar-refractivity contribution >= 4 is 60.1 Å². The van der Waals surface area contributed by atoms with Crippen LogP contribution in [0.2, 0.25) is 0 Å². The van der Waals surface area contributed by atoms with E-state index < -0.39 is 0 Å². The van der Waals surface area contributed by atoms with Crippen molar-refractivity contribution in [3.05, 3.63) is 115 Å². The Morgan fingerprint density at radius 3 is 2.70 bits per heavy atom. The summed E-state index contributed by atoms with van der Waals surface area (Å²) >= 11 is 5.03. The number of imidazole rings is 1. The van der Waals surface area contributed by atoms with Crippen molar-refractivity contribution < 1.29 is 4.74 Å². The van der Waals surface area contributed by atoms with Crippen LogP contribution in [0.25, 0.3) is 32.8 Å². The fourth-order valence-electron chi connectivity index (χ4n) is 4.06. The molecule has 6 rings (SSSR count). The Bertz CT molecular complexity index is 1770. The predicted molar refractivity (Wildman–Crippen MR) is 138 cm³/mol. The molecular formula is C27H17BrN2O2S. The van der Waals surface area contributed by atoms with Crippen molar-refractivity contribution in [2.24, 2.45) is 0 Å². The summed E-state index contributed by atoms with van der Waals surface area (Å²) in [5, 5.41) is 2.39. The first-order valence-corrected chi connectivity index (χ1v) is 12.1. The Hall–Kier alpha value is -3.48. The zero-order chi connectivity index (χ0) is 22.4. The van der Waals surface area contributed by atoms with Crippen molar-refractivity contribution in [2.75, 3.05) is 0 Å². The van der Waals surface area contributed by atoms with Crippen LogP contribution in [0.4, 0.5) is 0 Å².